The zero-order valence-electron chi connectivity index (χ0n) is 16.4. The number of rotatable bonds is 9. The summed E-state index contributed by atoms with van der Waals surface area (Å²) in [7, 11) is -0.147. The number of ether oxygens (including phenoxy) is 2. The smallest absolute Gasteiger partial charge is 0.192 e. The van der Waals surface area contributed by atoms with Gasteiger partial charge in [0.25, 0.3) is 0 Å². The third kappa shape index (κ3) is 5.99. The van der Waals surface area contributed by atoms with Crippen LogP contribution in [0.1, 0.15) is 34.1 Å². The van der Waals surface area contributed by atoms with Gasteiger partial charge in [-0.05, 0) is 48.3 Å². The molecule has 0 saturated heterocycles. The maximum Gasteiger partial charge on any atom is 0.192 e. The van der Waals surface area contributed by atoms with E-state index in [1.54, 1.807) is 7.11 Å². The van der Waals surface area contributed by atoms with Gasteiger partial charge in [-0.3, -0.25) is 0 Å². The summed E-state index contributed by atoms with van der Waals surface area (Å²) >= 11 is 0. The molecular formula is C20H34O3Si. The molecule has 0 aliphatic rings. The quantitative estimate of drug-likeness (QED) is 0.424. The van der Waals surface area contributed by atoms with Gasteiger partial charge < -0.3 is 13.9 Å². The van der Waals surface area contributed by atoms with E-state index < -0.39 is 8.32 Å². The molecule has 2 atom stereocenters. The Morgan fingerprint density at radius 2 is 1.67 bits per heavy atom. The lowest BCUT2D eigenvalue weighted by atomic mass is 10.0. The average molecular weight is 351 g/mol. The highest BCUT2D eigenvalue weighted by atomic mass is 28.4. The monoisotopic (exact) mass is 350 g/mol. The van der Waals surface area contributed by atoms with Crippen molar-refractivity contribution in [2.45, 2.75) is 58.4 Å². The molecule has 0 amide bonds. The lowest BCUT2D eigenvalue weighted by molar-refractivity contribution is 0.116. The summed E-state index contributed by atoms with van der Waals surface area (Å²) in [5.74, 6) is 1.99. The maximum absolute atomic E-state index is 6.60. The van der Waals surface area contributed by atoms with E-state index in [1.807, 2.05) is 30.3 Å². The molecule has 1 aromatic rings. The van der Waals surface area contributed by atoms with E-state index in [0.717, 1.165) is 17.9 Å². The molecule has 0 fully saturated rings. The Hall–Kier alpha value is -1.26. The van der Waals surface area contributed by atoms with Crippen molar-refractivity contribution in [3.63, 3.8) is 0 Å². The number of methoxy groups -OCH3 is 1. The summed E-state index contributed by atoms with van der Waals surface area (Å²) in [4.78, 5) is 0. The van der Waals surface area contributed by atoms with Crippen LogP contribution in [0.3, 0.4) is 0 Å². The Morgan fingerprint density at radius 3 is 2.12 bits per heavy atom. The lowest BCUT2D eigenvalue weighted by Gasteiger charge is -2.40. The van der Waals surface area contributed by atoms with Crippen LogP contribution in [0.15, 0.2) is 36.9 Å². The number of benzene rings is 1. The fourth-order valence-electron chi connectivity index (χ4n) is 2.10. The van der Waals surface area contributed by atoms with Crippen LogP contribution in [0.4, 0.5) is 0 Å². The van der Waals surface area contributed by atoms with Gasteiger partial charge in [-0.1, -0.05) is 33.8 Å². The van der Waals surface area contributed by atoms with Crippen LogP contribution in [0.25, 0.3) is 0 Å². The lowest BCUT2D eigenvalue weighted by Crippen LogP contribution is -2.45. The van der Waals surface area contributed by atoms with Crippen LogP contribution in [0, 0.1) is 5.92 Å². The molecule has 0 aliphatic carbocycles. The van der Waals surface area contributed by atoms with Crippen molar-refractivity contribution in [3.8, 4) is 11.5 Å². The van der Waals surface area contributed by atoms with Crippen molar-refractivity contribution >= 4 is 8.32 Å². The average Bonchev–Trinajstić information content (AvgIpc) is 2.52. The van der Waals surface area contributed by atoms with E-state index in [0.29, 0.717) is 12.5 Å². The van der Waals surface area contributed by atoms with E-state index in [4.69, 9.17) is 13.9 Å². The van der Waals surface area contributed by atoms with Gasteiger partial charge in [-0.15, -0.1) is 6.58 Å². The SMILES string of the molecule is C=C[C@H](C)[C@@H](CCOc1ccc(OC)cc1)O[Si](C)(C)C(C)(C)C. The first kappa shape index (κ1) is 20.8. The van der Waals surface area contributed by atoms with Crippen molar-refractivity contribution in [2.24, 2.45) is 5.92 Å². The predicted molar refractivity (Wildman–Crippen MR) is 105 cm³/mol. The molecule has 0 saturated carbocycles. The van der Waals surface area contributed by atoms with Crippen LogP contribution < -0.4 is 9.47 Å². The summed E-state index contributed by atoms with van der Waals surface area (Å²) in [5, 5.41) is 0.197. The van der Waals surface area contributed by atoms with E-state index in [9.17, 15) is 0 Å². The third-order valence-corrected chi connectivity index (χ3v) is 9.45. The van der Waals surface area contributed by atoms with Crippen molar-refractivity contribution in [1.29, 1.82) is 0 Å². The molecule has 4 heteroatoms. The van der Waals surface area contributed by atoms with Crippen molar-refractivity contribution in [3.05, 3.63) is 36.9 Å². The summed E-state index contributed by atoms with van der Waals surface area (Å²) in [5.41, 5.74) is 0. The Labute approximate surface area is 149 Å². The topological polar surface area (TPSA) is 27.7 Å². The molecule has 0 spiro atoms. The summed E-state index contributed by atoms with van der Waals surface area (Å²) in [6.07, 6.45) is 2.97. The maximum atomic E-state index is 6.60. The first-order chi connectivity index (χ1) is 11.1. The molecule has 0 aromatic heterocycles. The van der Waals surface area contributed by atoms with Crippen molar-refractivity contribution in [1.82, 2.24) is 0 Å². The highest BCUT2D eigenvalue weighted by Gasteiger charge is 2.39. The van der Waals surface area contributed by atoms with Gasteiger partial charge in [0, 0.05) is 6.42 Å². The molecule has 0 N–H and O–H groups in total. The first-order valence-electron chi connectivity index (χ1n) is 8.68. The second-order valence-electron chi connectivity index (χ2n) is 7.82. The van der Waals surface area contributed by atoms with E-state index in [1.165, 1.54) is 0 Å². The van der Waals surface area contributed by atoms with Gasteiger partial charge in [0.05, 0.1) is 19.8 Å². The molecular weight excluding hydrogens is 316 g/mol. The minimum atomic E-state index is -1.81. The van der Waals surface area contributed by atoms with E-state index >= 15 is 0 Å². The first-order valence-corrected chi connectivity index (χ1v) is 11.6. The van der Waals surface area contributed by atoms with Gasteiger partial charge in [0.2, 0.25) is 0 Å². The zero-order valence-corrected chi connectivity index (χ0v) is 17.4. The molecule has 0 unspecified atom stereocenters. The van der Waals surface area contributed by atoms with Crippen molar-refractivity contribution in [2.75, 3.05) is 13.7 Å². The second kappa shape index (κ2) is 8.72. The largest absolute Gasteiger partial charge is 0.497 e. The summed E-state index contributed by atoms with van der Waals surface area (Å²) in [6.45, 7) is 18.1. The van der Waals surface area contributed by atoms with E-state index in [-0.39, 0.29) is 11.1 Å². The van der Waals surface area contributed by atoms with Crippen LogP contribution in [0.2, 0.25) is 18.1 Å². The number of hydrogen-bond acceptors (Lipinski definition) is 3. The second-order valence-corrected chi connectivity index (χ2v) is 12.6. The van der Waals surface area contributed by atoms with Crippen molar-refractivity contribution < 1.29 is 13.9 Å². The molecule has 0 bridgehead atoms. The fourth-order valence-corrected chi connectivity index (χ4v) is 3.54. The molecule has 1 aromatic carbocycles. The van der Waals surface area contributed by atoms with Crippen LogP contribution in [-0.2, 0) is 4.43 Å². The minimum absolute atomic E-state index is 0.140. The Morgan fingerprint density at radius 1 is 1.12 bits per heavy atom. The Balaban J connectivity index is 2.64. The molecule has 0 radical (unpaired) electrons. The molecule has 24 heavy (non-hydrogen) atoms. The summed E-state index contributed by atoms with van der Waals surface area (Å²) in [6, 6.07) is 7.68. The van der Waals surface area contributed by atoms with Gasteiger partial charge in [-0.2, -0.15) is 0 Å². The Kier molecular flexibility index (Phi) is 7.55. The predicted octanol–water partition coefficient (Wildman–Crippen LogP) is 5.68. The zero-order chi connectivity index (χ0) is 18.4. The highest BCUT2D eigenvalue weighted by Crippen LogP contribution is 2.38. The highest BCUT2D eigenvalue weighted by molar-refractivity contribution is 6.74. The van der Waals surface area contributed by atoms with Gasteiger partial charge in [0.15, 0.2) is 8.32 Å². The minimum Gasteiger partial charge on any atom is -0.497 e. The molecule has 1 rings (SSSR count). The molecule has 3 nitrogen and oxygen atoms in total. The van der Waals surface area contributed by atoms with Gasteiger partial charge in [-0.25, -0.2) is 0 Å². The Bertz CT molecular complexity index is 503. The van der Waals surface area contributed by atoms with E-state index in [2.05, 4.69) is 47.4 Å². The van der Waals surface area contributed by atoms with Gasteiger partial charge >= 0.3 is 0 Å². The summed E-state index contributed by atoms with van der Waals surface area (Å²) < 4.78 is 17.6. The fraction of sp³-hybridized carbons (Fsp3) is 0.600. The van der Waals surface area contributed by atoms with Crippen LogP contribution >= 0.6 is 0 Å². The number of hydrogen-bond donors (Lipinski definition) is 0. The molecule has 0 heterocycles. The van der Waals surface area contributed by atoms with Crippen LogP contribution in [0.5, 0.6) is 11.5 Å². The molecule has 136 valence electrons. The molecule has 0 aliphatic heterocycles. The normalized spacial score (nSPS) is 14.8. The van der Waals surface area contributed by atoms with Gasteiger partial charge in [0.1, 0.15) is 11.5 Å². The van der Waals surface area contributed by atoms with Crippen LogP contribution in [-0.4, -0.2) is 28.1 Å². The third-order valence-electron chi connectivity index (χ3n) is 4.94. The standard InChI is InChI=1S/C20H34O3Si/c1-9-16(2)19(23-24(7,8)20(3,4)5)14-15-22-18-12-10-17(21-6)11-13-18/h9-13,16,19H,1,14-15H2,2-8H3/t16-,19+/m0/s1.